The molecule has 2 N–H and O–H groups in total. The van der Waals surface area contributed by atoms with E-state index < -0.39 is 5.79 Å². The zero-order valence-corrected chi connectivity index (χ0v) is 18.3. The third-order valence-corrected chi connectivity index (χ3v) is 4.69. The number of benzene rings is 1. The van der Waals surface area contributed by atoms with Crippen LogP contribution in [-0.4, -0.2) is 46.1 Å². The zero-order valence-electron chi connectivity index (χ0n) is 18.3. The van der Waals surface area contributed by atoms with Crippen molar-refractivity contribution >= 4 is 23.5 Å². The van der Waals surface area contributed by atoms with Crippen molar-refractivity contribution in [1.82, 2.24) is 9.97 Å². The molecule has 0 saturated heterocycles. The van der Waals surface area contributed by atoms with E-state index in [1.165, 1.54) is 0 Å². The summed E-state index contributed by atoms with van der Waals surface area (Å²) in [7, 11) is 0. The van der Waals surface area contributed by atoms with Gasteiger partial charge in [-0.05, 0) is 52.7 Å². The van der Waals surface area contributed by atoms with E-state index in [0.29, 0.717) is 37.9 Å². The predicted molar refractivity (Wildman–Crippen MR) is 118 cm³/mol. The highest BCUT2D eigenvalue weighted by Gasteiger charge is 2.33. The van der Waals surface area contributed by atoms with Crippen LogP contribution in [0.2, 0.25) is 0 Å². The molecular weight excluding hydrogens is 382 g/mol. The van der Waals surface area contributed by atoms with Crippen LogP contribution in [0.5, 0.6) is 0 Å². The first-order valence-corrected chi connectivity index (χ1v) is 10.3. The lowest BCUT2D eigenvalue weighted by Gasteiger charge is -2.37. The molecule has 0 fully saturated rings. The molecule has 8 heteroatoms. The standard InChI is InChI=1S/C22H31N5O3/c1-15(2)24-20-23-13-17-14-27(18-10-7-6-9-16(18)3)21(28)26(19(17)25-20)11-8-12-30-22(4,5)29/h6-7,9-10,13,15,29H,8,11-12,14H2,1-5H3,(H,23,24,25). The molecule has 2 heterocycles. The molecule has 2 amide bonds. The summed E-state index contributed by atoms with van der Waals surface area (Å²) >= 11 is 0. The molecule has 0 unspecified atom stereocenters. The van der Waals surface area contributed by atoms with Gasteiger partial charge >= 0.3 is 6.03 Å². The fourth-order valence-electron chi connectivity index (χ4n) is 3.35. The van der Waals surface area contributed by atoms with E-state index in [0.717, 1.165) is 16.8 Å². The minimum absolute atomic E-state index is 0.130. The number of hydrogen-bond donors (Lipinski definition) is 2. The number of nitrogens with zero attached hydrogens (tertiary/aromatic N) is 4. The highest BCUT2D eigenvalue weighted by molar-refractivity contribution is 6.05. The van der Waals surface area contributed by atoms with Crippen LogP contribution >= 0.6 is 0 Å². The Labute approximate surface area is 177 Å². The van der Waals surface area contributed by atoms with Crippen molar-refractivity contribution in [3.8, 4) is 0 Å². The number of hydrogen-bond acceptors (Lipinski definition) is 6. The molecule has 162 valence electrons. The first-order chi connectivity index (χ1) is 14.2. The normalized spacial score (nSPS) is 14.3. The number of carbonyl (C=O) groups excluding carboxylic acids is 1. The Bertz CT molecular complexity index is 895. The fraction of sp³-hybridized carbons (Fsp3) is 0.500. The van der Waals surface area contributed by atoms with Crippen LogP contribution in [0.15, 0.2) is 30.5 Å². The van der Waals surface area contributed by atoms with Gasteiger partial charge in [0.2, 0.25) is 5.95 Å². The van der Waals surface area contributed by atoms with Crippen LogP contribution < -0.4 is 15.1 Å². The average molecular weight is 414 g/mol. The van der Waals surface area contributed by atoms with Crippen LogP contribution in [0, 0.1) is 6.92 Å². The van der Waals surface area contributed by atoms with Gasteiger partial charge in [-0.25, -0.2) is 9.78 Å². The van der Waals surface area contributed by atoms with E-state index >= 15 is 0 Å². The van der Waals surface area contributed by atoms with Gasteiger partial charge in [0.05, 0.1) is 13.2 Å². The van der Waals surface area contributed by atoms with Crippen LogP contribution in [0.4, 0.5) is 22.2 Å². The second kappa shape index (κ2) is 8.97. The largest absolute Gasteiger partial charge is 0.366 e. The van der Waals surface area contributed by atoms with E-state index in [1.54, 1.807) is 29.8 Å². The number of fused-ring (bicyclic) bond motifs is 1. The summed E-state index contributed by atoms with van der Waals surface area (Å²) in [4.78, 5) is 25.9. The number of urea groups is 1. The number of nitrogens with one attached hydrogen (secondary N) is 1. The number of ether oxygens (including phenoxy) is 1. The van der Waals surface area contributed by atoms with Gasteiger partial charge in [-0.2, -0.15) is 4.98 Å². The van der Waals surface area contributed by atoms with Crippen molar-refractivity contribution in [2.45, 2.75) is 59.4 Å². The van der Waals surface area contributed by atoms with E-state index in [1.807, 2.05) is 45.0 Å². The van der Waals surface area contributed by atoms with E-state index in [4.69, 9.17) is 4.74 Å². The van der Waals surface area contributed by atoms with Gasteiger partial charge in [-0.3, -0.25) is 9.80 Å². The molecule has 0 atom stereocenters. The third kappa shape index (κ3) is 5.25. The third-order valence-electron chi connectivity index (χ3n) is 4.69. The summed E-state index contributed by atoms with van der Waals surface area (Å²) in [6.45, 7) is 10.4. The molecule has 8 nitrogen and oxygen atoms in total. The van der Waals surface area contributed by atoms with Gasteiger partial charge in [-0.1, -0.05) is 18.2 Å². The van der Waals surface area contributed by atoms with Gasteiger partial charge < -0.3 is 15.2 Å². The van der Waals surface area contributed by atoms with Crippen molar-refractivity contribution in [2.75, 3.05) is 28.3 Å². The molecule has 0 aliphatic carbocycles. The van der Waals surface area contributed by atoms with Crippen molar-refractivity contribution in [3.63, 3.8) is 0 Å². The lowest BCUT2D eigenvalue weighted by atomic mass is 10.1. The average Bonchev–Trinajstić information content (AvgIpc) is 2.66. The van der Waals surface area contributed by atoms with E-state index in [9.17, 15) is 9.90 Å². The Hall–Kier alpha value is -2.71. The fourth-order valence-corrected chi connectivity index (χ4v) is 3.35. The van der Waals surface area contributed by atoms with Crippen LogP contribution in [0.1, 0.15) is 45.2 Å². The molecule has 2 aromatic rings. The first-order valence-electron chi connectivity index (χ1n) is 10.3. The Kier molecular flexibility index (Phi) is 6.58. The maximum atomic E-state index is 13.4. The number of aliphatic hydroxyl groups is 1. The zero-order chi connectivity index (χ0) is 21.9. The van der Waals surface area contributed by atoms with Gasteiger partial charge in [0.15, 0.2) is 5.79 Å². The van der Waals surface area contributed by atoms with Crippen LogP contribution in [-0.2, 0) is 11.3 Å². The predicted octanol–water partition coefficient (Wildman–Crippen LogP) is 3.69. The molecule has 1 aliphatic rings. The van der Waals surface area contributed by atoms with Crippen LogP contribution in [0.3, 0.4) is 0 Å². The maximum Gasteiger partial charge on any atom is 0.330 e. The summed E-state index contributed by atoms with van der Waals surface area (Å²) in [5.41, 5.74) is 2.78. The monoisotopic (exact) mass is 413 g/mol. The molecule has 1 aromatic carbocycles. The number of para-hydroxylation sites is 1. The maximum absolute atomic E-state index is 13.4. The molecule has 0 radical (unpaired) electrons. The van der Waals surface area contributed by atoms with Crippen molar-refractivity contribution < 1.29 is 14.6 Å². The quantitative estimate of drug-likeness (QED) is 0.507. The summed E-state index contributed by atoms with van der Waals surface area (Å²) < 4.78 is 5.41. The molecule has 3 rings (SSSR count). The van der Waals surface area contributed by atoms with Gasteiger partial charge in [0.25, 0.3) is 0 Å². The smallest absolute Gasteiger partial charge is 0.330 e. The molecule has 0 saturated carbocycles. The Morgan fingerprint density at radius 1 is 1.30 bits per heavy atom. The Morgan fingerprint density at radius 2 is 2.03 bits per heavy atom. The number of aryl methyl sites for hydroxylation is 1. The summed E-state index contributed by atoms with van der Waals surface area (Å²) in [5.74, 6) is -0.0852. The van der Waals surface area contributed by atoms with Gasteiger partial charge in [-0.15, -0.1) is 0 Å². The summed E-state index contributed by atoms with van der Waals surface area (Å²) in [5, 5.41) is 13.0. The van der Waals surface area contributed by atoms with Gasteiger partial charge in [0.1, 0.15) is 5.82 Å². The summed E-state index contributed by atoms with van der Waals surface area (Å²) in [6.07, 6.45) is 2.35. The molecular formula is C22H31N5O3. The molecule has 1 aliphatic heterocycles. The number of anilines is 3. The minimum atomic E-state index is -1.20. The summed E-state index contributed by atoms with van der Waals surface area (Å²) in [6, 6.07) is 7.88. The lowest BCUT2D eigenvalue weighted by Crippen LogP contribution is -2.49. The Balaban J connectivity index is 1.90. The van der Waals surface area contributed by atoms with Crippen molar-refractivity contribution in [2.24, 2.45) is 0 Å². The van der Waals surface area contributed by atoms with Crippen molar-refractivity contribution in [3.05, 3.63) is 41.6 Å². The number of aromatic nitrogens is 2. The first kappa shape index (κ1) is 22.0. The topological polar surface area (TPSA) is 90.8 Å². The molecule has 0 spiro atoms. The number of rotatable bonds is 8. The molecule has 0 bridgehead atoms. The number of amides is 2. The second-order valence-electron chi connectivity index (χ2n) is 8.30. The van der Waals surface area contributed by atoms with E-state index in [2.05, 4.69) is 15.3 Å². The minimum Gasteiger partial charge on any atom is -0.366 e. The van der Waals surface area contributed by atoms with Crippen LogP contribution in [0.25, 0.3) is 0 Å². The molecule has 30 heavy (non-hydrogen) atoms. The SMILES string of the molecule is Cc1ccccc1N1Cc2cnc(NC(C)C)nc2N(CCCOC(C)(C)O)C1=O. The van der Waals surface area contributed by atoms with E-state index in [-0.39, 0.29) is 12.1 Å². The van der Waals surface area contributed by atoms with Crippen molar-refractivity contribution in [1.29, 1.82) is 0 Å². The molecule has 1 aromatic heterocycles. The van der Waals surface area contributed by atoms with Gasteiger partial charge in [0, 0.05) is 30.0 Å². The highest BCUT2D eigenvalue weighted by atomic mass is 16.6. The highest BCUT2D eigenvalue weighted by Crippen LogP contribution is 2.32. The number of carbonyl (C=O) groups is 1. The Morgan fingerprint density at radius 3 is 2.70 bits per heavy atom. The lowest BCUT2D eigenvalue weighted by molar-refractivity contribution is -0.175. The second-order valence-corrected chi connectivity index (χ2v) is 8.30.